The first kappa shape index (κ1) is 14.8. The van der Waals surface area contributed by atoms with Crippen LogP contribution in [-0.2, 0) is 0 Å². The minimum atomic E-state index is -0.780. The lowest BCUT2D eigenvalue weighted by molar-refractivity contribution is 0.0996. The number of nitrogen functional groups attached to an aromatic ring is 1. The lowest BCUT2D eigenvalue weighted by Crippen LogP contribution is -2.36. The summed E-state index contributed by atoms with van der Waals surface area (Å²) < 4.78 is 0. The van der Waals surface area contributed by atoms with Crippen molar-refractivity contribution in [1.82, 2.24) is 9.97 Å². The molecule has 0 aliphatic rings. The summed E-state index contributed by atoms with van der Waals surface area (Å²) in [5.74, 6) is 2.15. The Hall–Kier alpha value is -1.21. The van der Waals surface area contributed by atoms with Crippen LogP contribution in [0.3, 0.4) is 0 Å². The highest BCUT2D eigenvalue weighted by Gasteiger charge is 2.19. The van der Waals surface area contributed by atoms with Crippen LogP contribution in [0, 0.1) is 0 Å². The number of nitrogens with one attached hydrogen (secondary N) is 2. The summed E-state index contributed by atoms with van der Waals surface area (Å²) >= 11 is 1.60. The van der Waals surface area contributed by atoms with Crippen LogP contribution in [0.2, 0.25) is 0 Å². The van der Waals surface area contributed by atoms with Gasteiger partial charge in [-0.2, -0.15) is 21.7 Å². The summed E-state index contributed by atoms with van der Waals surface area (Å²) in [4.78, 5) is 8.13. The van der Waals surface area contributed by atoms with E-state index in [1.807, 2.05) is 13.2 Å². The summed E-state index contributed by atoms with van der Waals surface area (Å²) in [7, 11) is 0. The number of anilines is 3. The van der Waals surface area contributed by atoms with E-state index >= 15 is 0 Å². The molecule has 0 saturated carbocycles. The van der Waals surface area contributed by atoms with Crippen LogP contribution in [0.4, 0.5) is 17.6 Å². The largest absolute Gasteiger partial charge is 0.387 e. The molecule has 1 atom stereocenters. The van der Waals surface area contributed by atoms with Crippen molar-refractivity contribution in [2.24, 2.45) is 0 Å². The van der Waals surface area contributed by atoms with E-state index in [1.54, 1.807) is 24.8 Å². The van der Waals surface area contributed by atoms with Gasteiger partial charge in [0.2, 0.25) is 5.95 Å². The zero-order valence-corrected chi connectivity index (χ0v) is 11.8. The Kier molecular flexibility index (Phi) is 5.49. The summed E-state index contributed by atoms with van der Waals surface area (Å²) in [6.07, 6.45) is 1.96. The third-order valence-electron chi connectivity index (χ3n) is 2.21. The van der Waals surface area contributed by atoms with Crippen LogP contribution >= 0.6 is 11.8 Å². The lowest BCUT2D eigenvalue weighted by Gasteiger charge is -2.22. The molecule has 7 heteroatoms. The first-order valence-corrected chi connectivity index (χ1v) is 7.20. The zero-order valence-electron chi connectivity index (χ0n) is 11.0. The van der Waals surface area contributed by atoms with Gasteiger partial charge < -0.3 is 21.5 Å². The van der Waals surface area contributed by atoms with Crippen molar-refractivity contribution >= 4 is 29.3 Å². The van der Waals surface area contributed by atoms with Crippen molar-refractivity contribution in [2.45, 2.75) is 19.4 Å². The molecule has 1 aromatic heterocycles. The van der Waals surface area contributed by atoms with E-state index in [1.165, 1.54) is 0 Å². The molecule has 1 aromatic rings. The quantitative estimate of drug-likeness (QED) is 0.588. The minimum absolute atomic E-state index is 0.209. The maximum atomic E-state index is 10.0. The third-order valence-corrected chi connectivity index (χ3v) is 3.12. The Morgan fingerprint density at radius 1 is 1.39 bits per heavy atom. The van der Waals surface area contributed by atoms with E-state index in [9.17, 15) is 5.11 Å². The summed E-state index contributed by atoms with van der Waals surface area (Å²) in [5, 5.41) is 16.2. The second kappa shape index (κ2) is 6.65. The molecule has 1 rings (SSSR count). The highest BCUT2D eigenvalue weighted by Crippen LogP contribution is 2.15. The van der Waals surface area contributed by atoms with Gasteiger partial charge in [0.1, 0.15) is 11.6 Å². The van der Waals surface area contributed by atoms with Gasteiger partial charge in [-0.1, -0.05) is 0 Å². The predicted molar refractivity (Wildman–Crippen MR) is 78.1 cm³/mol. The Morgan fingerprint density at radius 3 is 2.56 bits per heavy atom. The van der Waals surface area contributed by atoms with Crippen LogP contribution in [0.25, 0.3) is 0 Å². The van der Waals surface area contributed by atoms with Gasteiger partial charge >= 0.3 is 0 Å². The van der Waals surface area contributed by atoms with E-state index in [-0.39, 0.29) is 5.95 Å². The molecule has 1 unspecified atom stereocenters. The number of thioether (sulfide) groups is 1. The number of nitrogens with two attached hydrogens (primary N) is 1. The molecule has 1 heterocycles. The average Bonchev–Trinajstić information content (AvgIpc) is 2.26. The standard InChI is InChI=1S/C11H21N5OS/c1-4-13-8-5-9(16-10(12)15-8)14-6-11(2,17)7-18-3/h5,17H,4,6-7H2,1-3H3,(H4,12,13,14,15,16). The Labute approximate surface area is 112 Å². The van der Waals surface area contributed by atoms with Crippen LogP contribution in [0.15, 0.2) is 6.07 Å². The fraction of sp³-hybridized carbons (Fsp3) is 0.636. The molecule has 0 bridgehead atoms. The summed E-state index contributed by atoms with van der Waals surface area (Å²) in [6, 6.07) is 1.77. The molecule has 18 heavy (non-hydrogen) atoms. The van der Waals surface area contributed by atoms with Gasteiger partial charge in [0.25, 0.3) is 0 Å². The maximum Gasteiger partial charge on any atom is 0.223 e. The Morgan fingerprint density at radius 2 is 2.00 bits per heavy atom. The molecule has 0 saturated heterocycles. The number of rotatable bonds is 7. The molecule has 0 spiro atoms. The molecule has 0 radical (unpaired) electrons. The van der Waals surface area contributed by atoms with E-state index in [0.29, 0.717) is 23.9 Å². The van der Waals surface area contributed by atoms with Crippen molar-refractivity contribution in [3.8, 4) is 0 Å². The summed E-state index contributed by atoms with van der Waals surface area (Å²) in [6.45, 7) is 4.94. The third kappa shape index (κ3) is 4.97. The molecule has 102 valence electrons. The number of hydrogen-bond acceptors (Lipinski definition) is 7. The zero-order chi connectivity index (χ0) is 13.6. The van der Waals surface area contributed by atoms with Gasteiger partial charge in [0.05, 0.1) is 5.60 Å². The van der Waals surface area contributed by atoms with E-state index < -0.39 is 5.60 Å². The van der Waals surface area contributed by atoms with Gasteiger partial charge in [-0.05, 0) is 20.1 Å². The molecular weight excluding hydrogens is 250 g/mol. The van der Waals surface area contributed by atoms with Gasteiger partial charge in [-0.25, -0.2) is 0 Å². The van der Waals surface area contributed by atoms with Crippen LogP contribution in [0.5, 0.6) is 0 Å². The average molecular weight is 271 g/mol. The predicted octanol–water partition coefficient (Wildman–Crippen LogP) is 1.02. The topological polar surface area (TPSA) is 96.1 Å². The monoisotopic (exact) mass is 271 g/mol. The van der Waals surface area contributed by atoms with E-state index in [2.05, 4.69) is 20.6 Å². The number of aliphatic hydroxyl groups is 1. The fourth-order valence-corrected chi connectivity index (χ4v) is 2.20. The van der Waals surface area contributed by atoms with Crippen LogP contribution in [-0.4, -0.2) is 45.8 Å². The number of nitrogens with zero attached hydrogens (tertiary/aromatic N) is 2. The number of aromatic nitrogens is 2. The van der Waals surface area contributed by atoms with Crippen molar-refractivity contribution in [3.05, 3.63) is 6.07 Å². The van der Waals surface area contributed by atoms with E-state index in [4.69, 9.17) is 5.73 Å². The van der Waals surface area contributed by atoms with Gasteiger partial charge in [0, 0.05) is 24.9 Å². The second-order valence-electron chi connectivity index (χ2n) is 4.31. The molecule has 5 N–H and O–H groups in total. The van der Waals surface area contributed by atoms with Gasteiger partial charge in [-0.15, -0.1) is 0 Å². The minimum Gasteiger partial charge on any atom is -0.387 e. The van der Waals surface area contributed by atoms with E-state index in [0.717, 1.165) is 6.54 Å². The molecule has 0 aliphatic heterocycles. The molecule has 6 nitrogen and oxygen atoms in total. The SMILES string of the molecule is CCNc1cc(NCC(C)(O)CSC)nc(N)n1. The number of hydrogen-bond donors (Lipinski definition) is 4. The van der Waals surface area contributed by atoms with Crippen molar-refractivity contribution < 1.29 is 5.11 Å². The maximum absolute atomic E-state index is 10.0. The van der Waals surface area contributed by atoms with Crippen molar-refractivity contribution in [1.29, 1.82) is 0 Å². The highest BCUT2D eigenvalue weighted by molar-refractivity contribution is 7.98. The first-order valence-electron chi connectivity index (χ1n) is 5.80. The fourth-order valence-electron chi connectivity index (χ4n) is 1.47. The molecule has 0 aromatic carbocycles. The van der Waals surface area contributed by atoms with Crippen LogP contribution < -0.4 is 16.4 Å². The Balaban J connectivity index is 2.66. The van der Waals surface area contributed by atoms with Crippen molar-refractivity contribution in [3.63, 3.8) is 0 Å². The van der Waals surface area contributed by atoms with Crippen molar-refractivity contribution in [2.75, 3.05) is 41.5 Å². The van der Waals surface area contributed by atoms with Gasteiger partial charge in [-0.3, -0.25) is 0 Å². The highest BCUT2D eigenvalue weighted by atomic mass is 32.2. The smallest absolute Gasteiger partial charge is 0.223 e. The lowest BCUT2D eigenvalue weighted by atomic mass is 10.1. The summed E-state index contributed by atoms with van der Waals surface area (Å²) in [5.41, 5.74) is 4.84. The second-order valence-corrected chi connectivity index (χ2v) is 5.18. The molecule has 0 fully saturated rings. The molecule has 0 aliphatic carbocycles. The Bertz CT molecular complexity index is 386. The first-order chi connectivity index (χ1) is 8.46. The molecule has 0 amide bonds. The van der Waals surface area contributed by atoms with Crippen LogP contribution in [0.1, 0.15) is 13.8 Å². The normalized spacial score (nSPS) is 14.0. The molecular formula is C11H21N5OS. The van der Waals surface area contributed by atoms with Gasteiger partial charge in [0.15, 0.2) is 0 Å².